The van der Waals surface area contributed by atoms with Gasteiger partial charge in [0.25, 0.3) is 0 Å². The van der Waals surface area contributed by atoms with Gasteiger partial charge in [0, 0.05) is 6.20 Å². The number of rotatable bonds is 0. The van der Waals surface area contributed by atoms with Crippen molar-refractivity contribution in [3.63, 3.8) is 0 Å². The molecule has 2 nitrogen and oxygen atoms in total. The largest absolute Gasteiger partial charge is 0.434 e. The average molecular weight is 162 g/mol. The van der Waals surface area contributed by atoms with Crippen LogP contribution in [-0.4, -0.2) is 9.97 Å². The topological polar surface area (TPSA) is 25.8 Å². The Labute approximate surface area is 61.1 Å². The van der Waals surface area contributed by atoms with Gasteiger partial charge in [0.1, 0.15) is 0 Å². The normalized spacial score (nSPS) is 11.6. The Morgan fingerprint density at radius 2 is 1.91 bits per heavy atom. The van der Waals surface area contributed by atoms with Crippen LogP contribution < -0.4 is 0 Å². The summed E-state index contributed by atoms with van der Waals surface area (Å²) in [6.07, 6.45) is -2.42. The van der Waals surface area contributed by atoms with Crippen molar-refractivity contribution in [1.29, 1.82) is 0 Å². The van der Waals surface area contributed by atoms with Crippen molar-refractivity contribution in [2.45, 2.75) is 13.1 Å². The third-order valence-electron chi connectivity index (χ3n) is 1.05. The molecular weight excluding hydrogens is 157 g/mol. The first-order chi connectivity index (χ1) is 5.00. The molecule has 0 radical (unpaired) electrons. The first-order valence-corrected chi connectivity index (χ1v) is 2.86. The van der Waals surface area contributed by atoms with Gasteiger partial charge in [0.05, 0.1) is 11.9 Å². The van der Waals surface area contributed by atoms with Gasteiger partial charge in [-0.1, -0.05) is 0 Å². The highest BCUT2D eigenvalue weighted by Crippen LogP contribution is 2.26. The highest BCUT2D eigenvalue weighted by Gasteiger charge is 2.32. The van der Waals surface area contributed by atoms with Crippen LogP contribution >= 0.6 is 0 Å². The molecule has 0 bridgehead atoms. The maximum absolute atomic E-state index is 11.9. The summed E-state index contributed by atoms with van der Waals surface area (Å²) in [7, 11) is 0. The smallest absolute Gasteiger partial charge is 0.261 e. The summed E-state index contributed by atoms with van der Waals surface area (Å²) in [6.45, 7) is 1.46. The van der Waals surface area contributed by atoms with Crippen molar-refractivity contribution < 1.29 is 13.2 Å². The second kappa shape index (κ2) is 2.48. The number of nitrogens with zero attached hydrogens (tertiary/aromatic N) is 2. The fourth-order valence-corrected chi connectivity index (χ4v) is 0.600. The zero-order valence-corrected chi connectivity index (χ0v) is 5.68. The molecular formula is C6H5F3N2. The zero-order valence-electron chi connectivity index (χ0n) is 5.68. The molecule has 0 aliphatic rings. The fraction of sp³-hybridized carbons (Fsp3) is 0.333. The minimum Gasteiger partial charge on any atom is -0.261 e. The lowest BCUT2D eigenvalue weighted by molar-refractivity contribution is -0.141. The van der Waals surface area contributed by atoms with E-state index in [4.69, 9.17) is 0 Å². The van der Waals surface area contributed by atoms with Crippen LogP contribution in [0.3, 0.4) is 0 Å². The summed E-state index contributed by atoms with van der Waals surface area (Å²) >= 11 is 0. The monoisotopic (exact) mass is 162 g/mol. The number of alkyl halides is 3. The molecule has 0 fully saturated rings. The molecule has 0 aromatic carbocycles. The lowest BCUT2D eigenvalue weighted by Crippen LogP contribution is -2.08. The number of hydrogen-bond acceptors (Lipinski definition) is 2. The molecule has 60 valence electrons. The second-order valence-electron chi connectivity index (χ2n) is 2.04. The SMILES string of the molecule is Cc1cncc(C(F)(F)F)n1. The van der Waals surface area contributed by atoms with Gasteiger partial charge >= 0.3 is 6.18 Å². The minimum atomic E-state index is -4.39. The van der Waals surface area contributed by atoms with E-state index in [1.165, 1.54) is 13.1 Å². The Morgan fingerprint density at radius 3 is 2.27 bits per heavy atom. The van der Waals surface area contributed by atoms with Gasteiger partial charge in [-0.3, -0.25) is 4.98 Å². The molecule has 1 aromatic heterocycles. The van der Waals surface area contributed by atoms with Crippen LogP contribution in [0.1, 0.15) is 11.4 Å². The molecule has 1 heterocycles. The molecule has 0 aliphatic heterocycles. The van der Waals surface area contributed by atoms with E-state index >= 15 is 0 Å². The Bertz CT molecular complexity index is 256. The van der Waals surface area contributed by atoms with Crippen molar-refractivity contribution in [3.8, 4) is 0 Å². The Morgan fingerprint density at radius 1 is 1.27 bits per heavy atom. The van der Waals surface area contributed by atoms with Crippen molar-refractivity contribution >= 4 is 0 Å². The van der Waals surface area contributed by atoms with Crippen molar-refractivity contribution in [2.75, 3.05) is 0 Å². The van der Waals surface area contributed by atoms with Crippen LogP contribution in [0.2, 0.25) is 0 Å². The van der Waals surface area contributed by atoms with Crippen LogP contribution in [0, 0.1) is 6.92 Å². The van der Waals surface area contributed by atoms with E-state index in [-0.39, 0.29) is 5.69 Å². The molecule has 0 N–H and O–H groups in total. The van der Waals surface area contributed by atoms with Crippen LogP contribution in [0.25, 0.3) is 0 Å². The first kappa shape index (κ1) is 7.97. The second-order valence-corrected chi connectivity index (χ2v) is 2.04. The van der Waals surface area contributed by atoms with Gasteiger partial charge in [-0.25, -0.2) is 4.98 Å². The number of aryl methyl sites for hydroxylation is 1. The molecule has 5 heteroatoms. The highest BCUT2D eigenvalue weighted by molar-refractivity contribution is 5.04. The van der Waals surface area contributed by atoms with E-state index in [9.17, 15) is 13.2 Å². The van der Waals surface area contributed by atoms with Crippen molar-refractivity contribution in [2.24, 2.45) is 0 Å². The molecule has 0 spiro atoms. The van der Waals surface area contributed by atoms with E-state index in [2.05, 4.69) is 9.97 Å². The Kier molecular flexibility index (Phi) is 1.80. The van der Waals surface area contributed by atoms with E-state index < -0.39 is 11.9 Å². The summed E-state index contributed by atoms with van der Waals surface area (Å²) in [4.78, 5) is 6.63. The van der Waals surface area contributed by atoms with E-state index in [1.807, 2.05) is 0 Å². The summed E-state index contributed by atoms with van der Waals surface area (Å²) in [5.74, 6) is 0. The summed E-state index contributed by atoms with van der Waals surface area (Å²) in [6, 6.07) is 0. The van der Waals surface area contributed by atoms with Crippen LogP contribution in [-0.2, 0) is 6.18 Å². The van der Waals surface area contributed by atoms with E-state index in [0.29, 0.717) is 6.20 Å². The summed E-state index contributed by atoms with van der Waals surface area (Å²) in [5.41, 5.74) is -0.683. The predicted molar refractivity (Wildman–Crippen MR) is 31.8 cm³/mol. The lowest BCUT2D eigenvalue weighted by Gasteiger charge is -2.03. The fourth-order valence-electron chi connectivity index (χ4n) is 0.600. The maximum Gasteiger partial charge on any atom is 0.434 e. The van der Waals surface area contributed by atoms with Gasteiger partial charge in [-0.2, -0.15) is 13.2 Å². The van der Waals surface area contributed by atoms with Crippen molar-refractivity contribution in [1.82, 2.24) is 9.97 Å². The van der Waals surface area contributed by atoms with Crippen LogP contribution in [0.4, 0.5) is 13.2 Å². The molecule has 0 aliphatic carbocycles. The van der Waals surface area contributed by atoms with Gasteiger partial charge < -0.3 is 0 Å². The molecule has 11 heavy (non-hydrogen) atoms. The molecule has 0 saturated heterocycles. The number of halogens is 3. The summed E-state index contributed by atoms with van der Waals surface area (Å²) in [5, 5.41) is 0. The van der Waals surface area contributed by atoms with Crippen LogP contribution in [0.15, 0.2) is 12.4 Å². The van der Waals surface area contributed by atoms with E-state index in [0.717, 1.165) is 0 Å². The molecule has 1 aromatic rings. The van der Waals surface area contributed by atoms with Gasteiger partial charge in [-0.05, 0) is 6.92 Å². The Balaban J connectivity index is 3.06. The molecule has 0 atom stereocenters. The Hall–Kier alpha value is -1.13. The number of aromatic nitrogens is 2. The molecule has 1 rings (SSSR count). The maximum atomic E-state index is 11.9. The van der Waals surface area contributed by atoms with Gasteiger partial charge in [0.15, 0.2) is 5.69 Å². The number of hydrogen-bond donors (Lipinski definition) is 0. The predicted octanol–water partition coefficient (Wildman–Crippen LogP) is 1.80. The highest BCUT2D eigenvalue weighted by atomic mass is 19.4. The van der Waals surface area contributed by atoms with Crippen LogP contribution in [0.5, 0.6) is 0 Å². The first-order valence-electron chi connectivity index (χ1n) is 2.86. The van der Waals surface area contributed by atoms with E-state index in [1.54, 1.807) is 0 Å². The molecule has 0 amide bonds. The van der Waals surface area contributed by atoms with Gasteiger partial charge in [-0.15, -0.1) is 0 Å². The minimum absolute atomic E-state index is 0.264. The third-order valence-corrected chi connectivity index (χ3v) is 1.05. The third kappa shape index (κ3) is 1.89. The van der Waals surface area contributed by atoms with Gasteiger partial charge in [0.2, 0.25) is 0 Å². The zero-order chi connectivity index (χ0) is 8.48. The van der Waals surface area contributed by atoms with Crippen molar-refractivity contribution in [3.05, 3.63) is 23.8 Å². The summed E-state index contributed by atoms with van der Waals surface area (Å²) < 4.78 is 35.6. The molecule has 0 unspecified atom stereocenters. The standard InChI is InChI=1S/C6H5F3N2/c1-4-2-10-3-5(11-4)6(7,8)9/h2-3H,1H3. The lowest BCUT2D eigenvalue weighted by atomic mass is 10.4. The quantitative estimate of drug-likeness (QED) is 0.581. The molecule has 0 saturated carbocycles. The average Bonchev–Trinajstić information content (AvgIpc) is 1.86.